The molecule has 0 bridgehead atoms. The summed E-state index contributed by atoms with van der Waals surface area (Å²) in [7, 11) is 0. The topological polar surface area (TPSA) is 25.8 Å². The molecule has 2 nitrogen and oxygen atoms in total. The highest BCUT2D eigenvalue weighted by Gasteiger charge is 2.34. The highest BCUT2D eigenvalue weighted by atomic mass is 32.2. The van der Waals surface area contributed by atoms with Crippen molar-refractivity contribution in [2.45, 2.75) is 29.1 Å². The van der Waals surface area contributed by atoms with Crippen molar-refractivity contribution in [3.05, 3.63) is 120 Å². The molecule has 172 valence electrons. The van der Waals surface area contributed by atoms with Crippen molar-refractivity contribution in [3.8, 4) is 22.4 Å². The smallest absolute Gasteiger partial charge is 0.0972 e. The van der Waals surface area contributed by atoms with Gasteiger partial charge in [-0.05, 0) is 46.5 Å². The fraction of sp³-hybridized carbons (Fsp3) is 0.0909. The van der Waals surface area contributed by atoms with E-state index in [1.807, 2.05) is 24.0 Å². The molecule has 7 rings (SSSR count). The van der Waals surface area contributed by atoms with Crippen LogP contribution >= 0.6 is 11.8 Å². The van der Waals surface area contributed by atoms with Gasteiger partial charge < -0.3 is 0 Å². The quantitative estimate of drug-likeness (QED) is 0.231. The van der Waals surface area contributed by atoms with Crippen LogP contribution in [-0.4, -0.2) is 9.97 Å². The molecule has 36 heavy (non-hydrogen) atoms. The highest BCUT2D eigenvalue weighted by molar-refractivity contribution is 7.99. The second kappa shape index (κ2) is 8.04. The van der Waals surface area contributed by atoms with Crippen molar-refractivity contribution in [1.82, 2.24) is 9.97 Å². The Labute approximate surface area is 215 Å². The van der Waals surface area contributed by atoms with Gasteiger partial charge in [-0.1, -0.05) is 104 Å². The van der Waals surface area contributed by atoms with Gasteiger partial charge in [-0.2, -0.15) is 0 Å². The second-order valence-corrected chi connectivity index (χ2v) is 10.9. The van der Waals surface area contributed by atoms with Gasteiger partial charge in [0, 0.05) is 37.7 Å². The minimum absolute atomic E-state index is 0.0429. The van der Waals surface area contributed by atoms with Crippen LogP contribution in [0.5, 0.6) is 0 Å². The molecule has 0 N–H and O–H groups in total. The zero-order chi connectivity index (χ0) is 24.3. The number of aromatic nitrogens is 2. The third-order valence-electron chi connectivity index (χ3n) is 7.36. The molecule has 3 heterocycles. The van der Waals surface area contributed by atoms with E-state index in [-0.39, 0.29) is 5.41 Å². The summed E-state index contributed by atoms with van der Waals surface area (Å²) in [5, 5.41) is 2.22. The predicted molar refractivity (Wildman–Crippen MR) is 151 cm³/mol. The molecule has 0 radical (unpaired) electrons. The van der Waals surface area contributed by atoms with Gasteiger partial charge in [0.25, 0.3) is 0 Å². The Balaban J connectivity index is 1.37. The summed E-state index contributed by atoms with van der Waals surface area (Å²) < 4.78 is 0. The van der Waals surface area contributed by atoms with Crippen molar-refractivity contribution in [2.75, 3.05) is 0 Å². The lowest BCUT2D eigenvalue weighted by Gasteiger charge is -2.35. The molecule has 0 fully saturated rings. The van der Waals surface area contributed by atoms with Gasteiger partial charge in [0.1, 0.15) is 0 Å². The summed E-state index contributed by atoms with van der Waals surface area (Å²) in [6.45, 7) is 4.67. The van der Waals surface area contributed by atoms with Crippen LogP contribution in [0.3, 0.4) is 0 Å². The standard InChI is InChI=1S/C33H24N2S/c1-33(2)26-12-3-4-14-29(26)36-32-25(11-6-13-27(32)33)23-8-5-9-24(20-23)28-18-17-22-16-15-21-10-7-19-34-30(21)31(22)35-28/h3-20H,1-2H3. The molecule has 0 saturated heterocycles. The average molecular weight is 481 g/mol. The number of hydrogen-bond donors (Lipinski definition) is 0. The number of benzene rings is 4. The molecule has 0 atom stereocenters. The number of rotatable bonds is 2. The lowest BCUT2D eigenvalue weighted by molar-refractivity contribution is 0.608. The highest BCUT2D eigenvalue weighted by Crippen LogP contribution is 2.52. The Morgan fingerprint density at radius 1 is 0.639 bits per heavy atom. The van der Waals surface area contributed by atoms with Crippen molar-refractivity contribution in [1.29, 1.82) is 0 Å². The normalized spacial score (nSPS) is 13.9. The number of nitrogens with zero attached hydrogens (tertiary/aromatic N) is 2. The third-order valence-corrected chi connectivity index (χ3v) is 8.58. The number of hydrogen-bond acceptors (Lipinski definition) is 3. The Kier molecular flexibility index (Phi) is 4.77. The van der Waals surface area contributed by atoms with E-state index in [9.17, 15) is 0 Å². The minimum Gasteiger partial charge on any atom is -0.254 e. The van der Waals surface area contributed by atoms with Gasteiger partial charge in [-0.3, -0.25) is 4.98 Å². The molecule has 1 aliphatic heterocycles. The van der Waals surface area contributed by atoms with Crippen LogP contribution in [0.25, 0.3) is 44.2 Å². The fourth-order valence-corrected chi connectivity index (χ4v) is 6.95. The maximum Gasteiger partial charge on any atom is 0.0972 e. The zero-order valence-corrected chi connectivity index (χ0v) is 21.0. The first-order valence-electron chi connectivity index (χ1n) is 12.3. The summed E-state index contributed by atoms with van der Waals surface area (Å²) in [6, 6.07) is 36.9. The van der Waals surface area contributed by atoms with Crippen molar-refractivity contribution < 1.29 is 0 Å². The van der Waals surface area contributed by atoms with Gasteiger partial charge in [0.15, 0.2) is 0 Å². The van der Waals surface area contributed by atoms with Gasteiger partial charge in [0.05, 0.1) is 16.7 Å². The van der Waals surface area contributed by atoms with Crippen LogP contribution in [0.4, 0.5) is 0 Å². The lowest BCUT2D eigenvalue weighted by Crippen LogP contribution is -2.23. The zero-order valence-electron chi connectivity index (χ0n) is 20.2. The molecule has 0 saturated carbocycles. The number of fused-ring (bicyclic) bond motifs is 5. The first-order chi connectivity index (χ1) is 17.6. The van der Waals surface area contributed by atoms with Crippen molar-refractivity contribution in [3.63, 3.8) is 0 Å². The van der Waals surface area contributed by atoms with E-state index in [1.54, 1.807) is 0 Å². The van der Waals surface area contributed by atoms with E-state index < -0.39 is 0 Å². The van der Waals surface area contributed by atoms with Gasteiger partial charge in [-0.15, -0.1) is 0 Å². The summed E-state index contributed by atoms with van der Waals surface area (Å²) in [6.07, 6.45) is 1.84. The fourth-order valence-electron chi connectivity index (χ4n) is 5.42. The average Bonchev–Trinajstić information content (AvgIpc) is 2.93. The maximum absolute atomic E-state index is 5.08. The van der Waals surface area contributed by atoms with Crippen LogP contribution in [0.15, 0.2) is 119 Å². The Morgan fingerprint density at radius 3 is 2.31 bits per heavy atom. The predicted octanol–water partition coefficient (Wildman–Crippen LogP) is 8.91. The van der Waals surface area contributed by atoms with E-state index in [2.05, 4.69) is 116 Å². The first kappa shape index (κ1) is 21.3. The molecule has 0 unspecified atom stereocenters. The van der Waals surface area contributed by atoms with Crippen LogP contribution in [0.1, 0.15) is 25.0 Å². The Bertz CT molecular complexity index is 1800. The second-order valence-electron chi connectivity index (χ2n) is 9.90. The maximum atomic E-state index is 5.08. The van der Waals surface area contributed by atoms with Crippen molar-refractivity contribution >= 4 is 33.6 Å². The molecule has 0 amide bonds. The Morgan fingerprint density at radius 2 is 1.39 bits per heavy atom. The minimum atomic E-state index is -0.0429. The Hall–Kier alpha value is -3.95. The van der Waals surface area contributed by atoms with Crippen LogP contribution in [-0.2, 0) is 5.41 Å². The molecular weight excluding hydrogens is 456 g/mol. The van der Waals surface area contributed by atoms with Gasteiger partial charge in [0.2, 0.25) is 0 Å². The molecule has 6 aromatic rings. The molecular formula is C33H24N2S. The largest absolute Gasteiger partial charge is 0.254 e. The van der Waals surface area contributed by atoms with Crippen LogP contribution in [0, 0.1) is 0 Å². The molecule has 4 aromatic carbocycles. The molecule has 1 aliphatic rings. The molecule has 0 spiro atoms. The van der Waals surface area contributed by atoms with E-state index in [1.165, 1.54) is 32.0 Å². The number of pyridine rings is 2. The van der Waals surface area contributed by atoms with Crippen LogP contribution in [0.2, 0.25) is 0 Å². The molecule has 3 heteroatoms. The summed E-state index contributed by atoms with van der Waals surface area (Å²) >= 11 is 1.89. The molecule has 0 aliphatic carbocycles. The first-order valence-corrected chi connectivity index (χ1v) is 13.1. The SMILES string of the molecule is CC1(C)c2ccccc2Sc2c(-c3cccc(-c4ccc5ccc6cccnc6c5n4)c3)cccc21. The van der Waals surface area contributed by atoms with E-state index in [4.69, 9.17) is 4.98 Å². The summed E-state index contributed by atoms with van der Waals surface area (Å²) in [5.74, 6) is 0. The van der Waals surface area contributed by atoms with Gasteiger partial charge in [-0.25, -0.2) is 4.98 Å². The summed E-state index contributed by atoms with van der Waals surface area (Å²) in [4.78, 5) is 12.4. The van der Waals surface area contributed by atoms with E-state index >= 15 is 0 Å². The summed E-state index contributed by atoms with van der Waals surface area (Å²) in [5.41, 5.74) is 9.19. The van der Waals surface area contributed by atoms with Crippen molar-refractivity contribution in [2.24, 2.45) is 0 Å². The van der Waals surface area contributed by atoms with E-state index in [0.717, 1.165) is 33.1 Å². The van der Waals surface area contributed by atoms with Gasteiger partial charge >= 0.3 is 0 Å². The lowest BCUT2D eigenvalue weighted by atomic mass is 9.77. The third kappa shape index (κ3) is 3.27. The van der Waals surface area contributed by atoms with Crippen LogP contribution < -0.4 is 0 Å². The van der Waals surface area contributed by atoms with E-state index in [0.29, 0.717) is 0 Å². The monoisotopic (exact) mass is 480 g/mol. The molecule has 2 aromatic heterocycles.